The molecule has 2 heterocycles. The number of hydrogen-bond acceptors (Lipinski definition) is 3. The number of aromatic nitrogens is 1. The van der Waals surface area contributed by atoms with Crippen molar-refractivity contribution in [3.63, 3.8) is 0 Å². The van der Waals surface area contributed by atoms with Crippen LogP contribution in [0.25, 0.3) is 10.9 Å². The van der Waals surface area contributed by atoms with Gasteiger partial charge in [0.15, 0.2) is 0 Å². The molecule has 152 valence electrons. The second-order valence-corrected chi connectivity index (χ2v) is 7.94. The first-order valence-electron chi connectivity index (χ1n) is 10.2. The van der Waals surface area contributed by atoms with Crippen LogP contribution in [0, 0.1) is 6.92 Å². The van der Waals surface area contributed by atoms with Crippen molar-refractivity contribution in [3.05, 3.63) is 64.8 Å². The molecule has 2 aromatic carbocycles. The average molecular weight is 392 g/mol. The predicted molar refractivity (Wildman–Crippen MR) is 114 cm³/mol. The Labute approximate surface area is 171 Å². The first-order chi connectivity index (χ1) is 14.1. The van der Waals surface area contributed by atoms with Gasteiger partial charge in [-0.25, -0.2) is 0 Å². The lowest BCUT2D eigenvalue weighted by atomic mass is 9.92. The zero-order chi connectivity index (χ0) is 20.4. The minimum Gasteiger partial charge on any atom is -0.496 e. The Bertz CT molecular complexity index is 1020. The Morgan fingerprint density at radius 1 is 1.28 bits per heavy atom. The summed E-state index contributed by atoms with van der Waals surface area (Å²) in [4.78, 5) is 17.0. The summed E-state index contributed by atoms with van der Waals surface area (Å²) in [6, 6.07) is 12.6. The fourth-order valence-corrected chi connectivity index (χ4v) is 4.63. The number of aryl methyl sites for hydroxylation is 1. The Balaban J connectivity index is 1.68. The van der Waals surface area contributed by atoms with Crippen molar-refractivity contribution in [1.82, 2.24) is 9.88 Å². The number of carbonyl (C=O) groups is 1. The summed E-state index contributed by atoms with van der Waals surface area (Å²) >= 11 is 0. The van der Waals surface area contributed by atoms with Gasteiger partial charge in [-0.2, -0.15) is 0 Å². The number of fused-ring (bicyclic) bond motifs is 1. The summed E-state index contributed by atoms with van der Waals surface area (Å²) < 4.78 is 5.74. The van der Waals surface area contributed by atoms with Crippen LogP contribution < -0.4 is 4.74 Å². The molecule has 1 aliphatic heterocycles. The summed E-state index contributed by atoms with van der Waals surface area (Å²) in [5.74, 6) is 0.139. The number of carboxylic acid groups (broad SMARTS) is 1. The summed E-state index contributed by atoms with van der Waals surface area (Å²) in [6.45, 7) is 3.94. The van der Waals surface area contributed by atoms with Gasteiger partial charge in [0.2, 0.25) is 0 Å². The van der Waals surface area contributed by atoms with Crippen LogP contribution in [0.1, 0.15) is 47.6 Å². The number of rotatable bonds is 6. The van der Waals surface area contributed by atoms with Gasteiger partial charge in [0.25, 0.3) is 0 Å². The maximum atomic E-state index is 11.1. The van der Waals surface area contributed by atoms with E-state index >= 15 is 0 Å². The van der Waals surface area contributed by atoms with E-state index in [0.29, 0.717) is 0 Å². The highest BCUT2D eigenvalue weighted by Gasteiger charge is 2.26. The van der Waals surface area contributed by atoms with Crippen LogP contribution in [0.5, 0.6) is 5.75 Å². The number of benzene rings is 2. The number of methoxy groups -OCH3 is 1. The standard InChI is InChI=1S/C24H28N2O3/c1-16-12-22(29-2)20(19-9-10-25-24(16)19)15-26-11-4-3-8-21(26)18-7-5-6-17(13-18)14-23(27)28/h5-7,9-10,12-13,21,25H,3-4,8,11,14-15H2,1-2H3,(H,27,28). The minimum absolute atomic E-state index is 0.0658. The van der Waals surface area contributed by atoms with Crippen molar-refractivity contribution >= 4 is 16.9 Å². The van der Waals surface area contributed by atoms with Gasteiger partial charge in [-0.05, 0) is 55.1 Å². The Kier molecular flexibility index (Phi) is 5.58. The normalized spacial score (nSPS) is 17.5. The monoisotopic (exact) mass is 392 g/mol. The van der Waals surface area contributed by atoms with Crippen molar-refractivity contribution < 1.29 is 14.6 Å². The fourth-order valence-electron chi connectivity index (χ4n) is 4.63. The first kappa shape index (κ1) is 19.5. The van der Waals surface area contributed by atoms with Crippen molar-refractivity contribution in [3.8, 4) is 5.75 Å². The van der Waals surface area contributed by atoms with Gasteiger partial charge in [-0.1, -0.05) is 30.7 Å². The number of aromatic amines is 1. The van der Waals surface area contributed by atoms with Crippen LogP contribution in [0.15, 0.2) is 42.6 Å². The number of piperidine rings is 1. The molecule has 1 unspecified atom stereocenters. The van der Waals surface area contributed by atoms with Crippen LogP contribution in [0.2, 0.25) is 0 Å². The molecule has 0 saturated carbocycles. The van der Waals surface area contributed by atoms with Gasteiger partial charge in [0.1, 0.15) is 5.75 Å². The third kappa shape index (κ3) is 4.01. The molecule has 0 bridgehead atoms. The van der Waals surface area contributed by atoms with Gasteiger partial charge in [0.05, 0.1) is 13.5 Å². The average Bonchev–Trinajstić information content (AvgIpc) is 3.20. The van der Waals surface area contributed by atoms with E-state index in [4.69, 9.17) is 9.84 Å². The zero-order valence-corrected chi connectivity index (χ0v) is 17.1. The summed E-state index contributed by atoms with van der Waals surface area (Å²) in [5, 5.41) is 10.4. The van der Waals surface area contributed by atoms with E-state index in [1.54, 1.807) is 7.11 Å². The quantitative estimate of drug-likeness (QED) is 0.630. The smallest absolute Gasteiger partial charge is 0.307 e. The highest BCUT2D eigenvalue weighted by molar-refractivity contribution is 5.88. The molecule has 1 atom stereocenters. The molecular weight excluding hydrogens is 364 g/mol. The van der Waals surface area contributed by atoms with Gasteiger partial charge in [0, 0.05) is 35.2 Å². The number of carboxylic acids is 1. The van der Waals surface area contributed by atoms with Crippen molar-refractivity contribution in [2.45, 2.75) is 45.2 Å². The van der Waals surface area contributed by atoms with Crippen molar-refractivity contribution in [2.75, 3.05) is 13.7 Å². The predicted octanol–water partition coefficient (Wildman–Crippen LogP) is 4.84. The molecule has 0 radical (unpaired) electrons. The third-order valence-corrected chi connectivity index (χ3v) is 6.00. The highest BCUT2D eigenvalue weighted by atomic mass is 16.5. The molecule has 29 heavy (non-hydrogen) atoms. The van der Waals surface area contributed by atoms with Crippen LogP contribution >= 0.6 is 0 Å². The second kappa shape index (κ2) is 8.29. The summed E-state index contributed by atoms with van der Waals surface area (Å²) in [5.41, 5.74) is 5.63. The Morgan fingerprint density at radius 2 is 2.14 bits per heavy atom. The Morgan fingerprint density at radius 3 is 2.93 bits per heavy atom. The first-order valence-corrected chi connectivity index (χ1v) is 10.2. The number of nitrogens with zero attached hydrogens (tertiary/aromatic N) is 1. The van der Waals surface area contributed by atoms with E-state index in [2.05, 4.69) is 41.1 Å². The summed E-state index contributed by atoms with van der Waals surface area (Å²) in [7, 11) is 1.74. The molecule has 1 aliphatic rings. The Hall–Kier alpha value is -2.79. The molecule has 0 spiro atoms. The van der Waals surface area contributed by atoms with E-state index in [1.165, 1.54) is 34.9 Å². The molecule has 0 aliphatic carbocycles. The van der Waals surface area contributed by atoms with Crippen LogP contribution in [-0.2, 0) is 17.8 Å². The van der Waals surface area contributed by atoms with E-state index in [0.717, 1.165) is 36.3 Å². The van der Waals surface area contributed by atoms with Gasteiger partial charge < -0.3 is 14.8 Å². The maximum Gasteiger partial charge on any atom is 0.307 e. The number of nitrogens with one attached hydrogen (secondary N) is 1. The molecule has 5 nitrogen and oxygen atoms in total. The van der Waals surface area contributed by atoms with E-state index in [1.807, 2.05) is 18.3 Å². The van der Waals surface area contributed by atoms with E-state index in [9.17, 15) is 4.79 Å². The lowest BCUT2D eigenvalue weighted by molar-refractivity contribution is -0.136. The lowest BCUT2D eigenvalue weighted by Crippen LogP contribution is -2.33. The zero-order valence-electron chi connectivity index (χ0n) is 17.1. The molecule has 2 N–H and O–H groups in total. The van der Waals surface area contributed by atoms with E-state index in [-0.39, 0.29) is 12.5 Å². The molecule has 5 heteroatoms. The second-order valence-electron chi connectivity index (χ2n) is 7.94. The highest BCUT2D eigenvalue weighted by Crippen LogP contribution is 2.37. The van der Waals surface area contributed by atoms with Crippen molar-refractivity contribution in [1.29, 1.82) is 0 Å². The maximum absolute atomic E-state index is 11.1. The minimum atomic E-state index is -0.790. The lowest BCUT2D eigenvalue weighted by Gasteiger charge is -2.36. The number of H-pyrrole nitrogens is 1. The molecule has 3 aromatic rings. The number of aliphatic carboxylic acids is 1. The largest absolute Gasteiger partial charge is 0.496 e. The molecule has 4 rings (SSSR count). The third-order valence-electron chi connectivity index (χ3n) is 6.00. The number of ether oxygens (including phenoxy) is 1. The fraction of sp³-hybridized carbons (Fsp3) is 0.375. The molecule has 1 saturated heterocycles. The van der Waals surface area contributed by atoms with Crippen molar-refractivity contribution in [2.24, 2.45) is 0 Å². The molecular formula is C24H28N2O3. The van der Waals surface area contributed by atoms with Crippen LogP contribution in [0.3, 0.4) is 0 Å². The molecule has 0 amide bonds. The number of likely N-dealkylation sites (tertiary alicyclic amines) is 1. The van der Waals surface area contributed by atoms with E-state index < -0.39 is 5.97 Å². The van der Waals surface area contributed by atoms with Gasteiger partial charge >= 0.3 is 5.97 Å². The topological polar surface area (TPSA) is 65.6 Å². The van der Waals surface area contributed by atoms with Gasteiger partial charge in [-0.3, -0.25) is 9.69 Å². The van der Waals surface area contributed by atoms with Gasteiger partial charge in [-0.15, -0.1) is 0 Å². The molecule has 1 aromatic heterocycles. The van der Waals surface area contributed by atoms with Crippen LogP contribution in [-0.4, -0.2) is 34.6 Å². The molecule has 1 fully saturated rings. The van der Waals surface area contributed by atoms with Crippen LogP contribution in [0.4, 0.5) is 0 Å². The SMILES string of the molecule is COc1cc(C)c2[nH]ccc2c1CN1CCCCC1c1cccc(CC(=O)O)c1. The summed E-state index contributed by atoms with van der Waals surface area (Å²) in [6.07, 6.45) is 5.51. The number of hydrogen-bond donors (Lipinski definition) is 2.